The molecule has 2 N–H and O–H groups in total. The van der Waals surface area contributed by atoms with Crippen LogP contribution in [0.1, 0.15) is 49.4 Å². The van der Waals surface area contributed by atoms with E-state index in [1.807, 2.05) is 0 Å². The first-order valence-corrected chi connectivity index (χ1v) is 8.53. The summed E-state index contributed by atoms with van der Waals surface area (Å²) in [5.41, 5.74) is 1.39. The smallest absolute Gasteiger partial charge is 0.325 e. The molecule has 0 saturated carbocycles. The first-order chi connectivity index (χ1) is 13.6. The van der Waals surface area contributed by atoms with Crippen molar-refractivity contribution in [2.24, 2.45) is 0 Å². The molecule has 0 radical (unpaired) electrons. The molecule has 2 aromatic rings. The minimum Gasteiger partial charge on any atom is -0.456 e. The highest BCUT2D eigenvalue weighted by atomic mass is 16.6. The van der Waals surface area contributed by atoms with Gasteiger partial charge in [0.05, 0.1) is 10.6 Å². The SMILES string of the molecule is CC(=O)c1c(C)[nH]c(C(=O)COC(=O)CNC(=O)c2cccc([N+](=O)[O-])c2)c1C. The molecule has 0 unspecified atom stereocenters. The van der Waals surface area contributed by atoms with Crippen molar-refractivity contribution in [2.75, 3.05) is 13.2 Å². The van der Waals surface area contributed by atoms with Crippen molar-refractivity contribution < 1.29 is 28.8 Å². The number of nitro groups is 1. The van der Waals surface area contributed by atoms with Gasteiger partial charge in [-0.15, -0.1) is 0 Å². The number of Topliss-reactive ketones (excluding diaryl/α,β-unsaturated/α-hetero) is 2. The molecule has 0 atom stereocenters. The Morgan fingerprint density at radius 2 is 1.90 bits per heavy atom. The molecule has 0 saturated heterocycles. The largest absolute Gasteiger partial charge is 0.456 e. The summed E-state index contributed by atoms with van der Waals surface area (Å²) in [7, 11) is 0. The molecule has 0 aliphatic carbocycles. The number of rotatable bonds is 8. The zero-order valence-corrected chi connectivity index (χ0v) is 16.0. The highest BCUT2D eigenvalue weighted by Crippen LogP contribution is 2.19. The standard InChI is InChI=1S/C19H19N3O7/c1-10-17(12(3)23)11(2)21-18(10)15(24)9-29-16(25)8-20-19(26)13-5-4-6-14(7-13)22(27)28/h4-7,21H,8-9H2,1-3H3,(H,20,26). The van der Waals surface area contributed by atoms with Crippen LogP contribution >= 0.6 is 0 Å². The minimum atomic E-state index is -0.857. The summed E-state index contributed by atoms with van der Waals surface area (Å²) in [6, 6.07) is 5.02. The predicted octanol–water partition coefficient (Wildman–Crippen LogP) is 1.90. The normalized spacial score (nSPS) is 10.3. The van der Waals surface area contributed by atoms with Gasteiger partial charge in [-0.2, -0.15) is 0 Å². The number of ether oxygens (including phenoxy) is 1. The molecule has 1 heterocycles. The molecule has 0 aliphatic heterocycles. The lowest BCUT2D eigenvalue weighted by atomic mass is 10.1. The lowest BCUT2D eigenvalue weighted by Crippen LogP contribution is -2.31. The van der Waals surface area contributed by atoms with Gasteiger partial charge in [-0.1, -0.05) is 6.07 Å². The Balaban J connectivity index is 1.90. The predicted molar refractivity (Wildman–Crippen MR) is 101 cm³/mol. The molecule has 0 fully saturated rings. The van der Waals surface area contributed by atoms with Crippen LogP contribution in [0.5, 0.6) is 0 Å². The number of aromatic nitrogens is 1. The van der Waals surface area contributed by atoms with Crippen LogP contribution in [0.2, 0.25) is 0 Å². The molecule has 0 bridgehead atoms. The van der Waals surface area contributed by atoms with E-state index >= 15 is 0 Å². The molecule has 10 nitrogen and oxygen atoms in total. The van der Waals surface area contributed by atoms with Crippen molar-refractivity contribution in [2.45, 2.75) is 20.8 Å². The van der Waals surface area contributed by atoms with Gasteiger partial charge in [0.15, 0.2) is 12.4 Å². The van der Waals surface area contributed by atoms with Gasteiger partial charge >= 0.3 is 5.97 Å². The molecule has 1 aromatic heterocycles. The second-order valence-electron chi connectivity index (χ2n) is 6.26. The van der Waals surface area contributed by atoms with E-state index in [1.165, 1.54) is 25.1 Å². The minimum absolute atomic E-state index is 0.0114. The van der Waals surface area contributed by atoms with Crippen LogP contribution in [-0.4, -0.2) is 46.5 Å². The lowest BCUT2D eigenvalue weighted by Gasteiger charge is -2.06. The van der Waals surface area contributed by atoms with Crippen molar-refractivity contribution in [3.63, 3.8) is 0 Å². The molecule has 1 aromatic carbocycles. The van der Waals surface area contributed by atoms with E-state index in [1.54, 1.807) is 13.8 Å². The van der Waals surface area contributed by atoms with Gasteiger partial charge < -0.3 is 15.0 Å². The summed E-state index contributed by atoms with van der Waals surface area (Å²) in [6.07, 6.45) is 0. The number of amides is 1. The number of benzene rings is 1. The Kier molecular flexibility index (Phi) is 6.60. The number of esters is 1. The average Bonchev–Trinajstić information content (AvgIpc) is 2.98. The molecule has 29 heavy (non-hydrogen) atoms. The van der Waals surface area contributed by atoms with Gasteiger partial charge in [0.2, 0.25) is 5.78 Å². The fourth-order valence-corrected chi connectivity index (χ4v) is 2.84. The number of nitrogens with zero attached hydrogens (tertiary/aromatic N) is 1. The Morgan fingerprint density at radius 3 is 2.48 bits per heavy atom. The maximum Gasteiger partial charge on any atom is 0.325 e. The number of nitrogens with one attached hydrogen (secondary N) is 2. The van der Waals surface area contributed by atoms with E-state index in [4.69, 9.17) is 4.74 Å². The molecule has 1 amide bonds. The molecular formula is C19H19N3O7. The Morgan fingerprint density at radius 1 is 1.21 bits per heavy atom. The van der Waals surface area contributed by atoms with Crippen LogP contribution < -0.4 is 5.32 Å². The lowest BCUT2D eigenvalue weighted by molar-refractivity contribution is -0.384. The molecule has 0 aliphatic rings. The van der Waals surface area contributed by atoms with E-state index in [0.717, 1.165) is 6.07 Å². The first-order valence-electron chi connectivity index (χ1n) is 8.53. The number of aromatic amines is 1. The molecule has 152 valence electrons. The second-order valence-corrected chi connectivity index (χ2v) is 6.26. The number of carbonyl (C=O) groups excluding carboxylic acids is 4. The van der Waals surface area contributed by atoms with E-state index in [0.29, 0.717) is 16.8 Å². The summed E-state index contributed by atoms with van der Waals surface area (Å²) >= 11 is 0. The van der Waals surface area contributed by atoms with Crippen molar-refractivity contribution >= 4 is 29.1 Å². The Labute approximate surface area is 165 Å². The van der Waals surface area contributed by atoms with Crippen molar-refractivity contribution in [1.29, 1.82) is 0 Å². The van der Waals surface area contributed by atoms with Crippen molar-refractivity contribution in [1.82, 2.24) is 10.3 Å². The molecule has 10 heteroatoms. The number of carbonyl (C=O) groups is 4. The van der Waals surface area contributed by atoms with Crippen molar-refractivity contribution in [3.8, 4) is 0 Å². The highest BCUT2D eigenvalue weighted by molar-refractivity contribution is 6.04. The molecule has 0 spiro atoms. The highest BCUT2D eigenvalue weighted by Gasteiger charge is 2.21. The van der Waals surface area contributed by atoms with E-state index in [-0.39, 0.29) is 22.7 Å². The topological polar surface area (TPSA) is 148 Å². The number of hydrogen-bond donors (Lipinski definition) is 2. The van der Waals surface area contributed by atoms with E-state index in [9.17, 15) is 29.3 Å². The Bertz CT molecular complexity index is 1010. The number of hydrogen-bond acceptors (Lipinski definition) is 7. The zero-order valence-electron chi connectivity index (χ0n) is 16.0. The van der Waals surface area contributed by atoms with Crippen molar-refractivity contribution in [3.05, 3.63) is 62.5 Å². The third kappa shape index (κ3) is 5.12. The number of ketones is 2. The van der Waals surface area contributed by atoms with E-state index < -0.39 is 35.7 Å². The van der Waals surface area contributed by atoms with Crippen LogP contribution in [0.4, 0.5) is 5.69 Å². The molecule has 2 rings (SSSR count). The Hall–Kier alpha value is -3.82. The summed E-state index contributed by atoms with van der Waals surface area (Å²) in [4.78, 5) is 60.6. The second kappa shape index (κ2) is 8.91. The number of H-pyrrole nitrogens is 1. The quantitative estimate of drug-likeness (QED) is 0.297. The van der Waals surface area contributed by atoms with Crippen LogP contribution in [0.25, 0.3) is 0 Å². The summed E-state index contributed by atoms with van der Waals surface area (Å²) < 4.78 is 4.85. The third-order valence-electron chi connectivity index (χ3n) is 4.15. The summed E-state index contributed by atoms with van der Waals surface area (Å²) in [5, 5.41) is 13.0. The number of aryl methyl sites for hydroxylation is 1. The summed E-state index contributed by atoms with van der Waals surface area (Å²) in [5.74, 6) is -2.25. The van der Waals surface area contributed by atoms with Crippen LogP contribution in [0.15, 0.2) is 24.3 Å². The van der Waals surface area contributed by atoms with Gasteiger partial charge in [0.1, 0.15) is 6.54 Å². The van der Waals surface area contributed by atoms with Gasteiger partial charge in [-0.05, 0) is 32.4 Å². The maximum atomic E-state index is 12.2. The average molecular weight is 401 g/mol. The number of nitro benzene ring substituents is 1. The summed E-state index contributed by atoms with van der Waals surface area (Å²) in [6.45, 7) is 3.59. The third-order valence-corrected chi connectivity index (χ3v) is 4.15. The fourth-order valence-electron chi connectivity index (χ4n) is 2.84. The molecular weight excluding hydrogens is 382 g/mol. The van der Waals surface area contributed by atoms with E-state index in [2.05, 4.69) is 10.3 Å². The van der Waals surface area contributed by atoms with Gasteiger partial charge in [-0.25, -0.2) is 0 Å². The van der Waals surface area contributed by atoms with Gasteiger partial charge in [0, 0.05) is 29.0 Å². The van der Waals surface area contributed by atoms with Gasteiger partial charge in [0.25, 0.3) is 11.6 Å². The fraction of sp³-hybridized carbons (Fsp3) is 0.263. The monoisotopic (exact) mass is 401 g/mol. The maximum absolute atomic E-state index is 12.2. The van der Waals surface area contributed by atoms with Gasteiger partial charge in [-0.3, -0.25) is 29.3 Å². The van der Waals surface area contributed by atoms with Crippen LogP contribution in [0, 0.1) is 24.0 Å². The zero-order chi connectivity index (χ0) is 21.7. The van der Waals surface area contributed by atoms with Crippen LogP contribution in [0.3, 0.4) is 0 Å². The van der Waals surface area contributed by atoms with Crippen LogP contribution in [-0.2, 0) is 9.53 Å². The number of non-ortho nitro benzene ring substituents is 1. The first kappa shape index (κ1) is 21.5.